The van der Waals surface area contributed by atoms with Gasteiger partial charge in [0.05, 0.1) is 12.1 Å². The first-order chi connectivity index (χ1) is 8.72. The lowest BCUT2D eigenvalue weighted by molar-refractivity contribution is 0.132. The average Bonchev–Trinajstić information content (AvgIpc) is 2.47. The van der Waals surface area contributed by atoms with Crippen LogP contribution < -0.4 is 5.73 Å². The molecule has 2 atom stereocenters. The molecule has 3 N–H and O–H groups in total. The van der Waals surface area contributed by atoms with Gasteiger partial charge in [0.1, 0.15) is 19.3 Å². The summed E-state index contributed by atoms with van der Waals surface area (Å²) < 4.78 is 12.4. The van der Waals surface area contributed by atoms with Gasteiger partial charge in [-0.15, -0.1) is 0 Å². The van der Waals surface area contributed by atoms with Crippen LogP contribution >= 0.6 is 0 Å². The number of hydrogen-bond donors (Lipinski definition) is 2. The monoisotopic (exact) mass is 248 g/mol. The van der Waals surface area contributed by atoms with E-state index in [1.807, 2.05) is 0 Å². The Hall–Kier alpha value is -1.92. The number of nitrogens with zero attached hydrogens (tertiary/aromatic N) is 3. The van der Waals surface area contributed by atoms with E-state index in [9.17, 15) is 9.50 Å². The summed E-state index contributed by atoms with van der Waals surface area (Å²) in [6.45, 7) is -0.767. The second kappa shape index (κ2) is 5.61. The van der Waals surface area contributed by atoms with E-state index in [-0.39, 0.29) is 0 Å². The van der Waals surface area contributed by atoms with E-state index in [1.54, 1.807) is 24.3 Å². The second-order valence-electron chi connectivity index (χ2n) is 3.85. The zero-order chi connectivity index (χ0) is 13.0. The Balaban J connectivity index is 2.20. The van der Waals surface area contributed by atoms with Crippen LogP contribution in [0.25, 0.3) is 11.4 Å². The molecule has 2 aromatic rings. The Morgan fingerprint density at radius 3 is 2.33 bits per heavy atom. The number of halogens is 1. The lowest BCUT2D eigenvalue weighted by atomic mass is 10.0. The minimum absolute atomic E-state index is 0.542. The van der Waals surface area contributed by atoms with Gasteiger partial charge in [-0.3, -0.25) is 0 Å². The lowest BCUT2D eigenvalue weighted by Crippen LogP contribution is -2.30. The summed E-state index contributed by atoms with van der Waals surface area (Å²) in [5.41, 5.74) is 6.80. The largest absolute Gasteiger partial charge is 0.387 e. The first-order valence-electron chi connectivity index (χ1n) is 5.44. The first-order valence-corrected chi connectivity index (χ1v) is 5.44. The zero-order valence-electron chi connectivity index (χ0n) is 9.57. The third-order valence-electron chi connectivity index (χ3n) is 2.59. The van der Waals surface area contributed by atoms with E-state index in [2.05, 4.69) is 15.0 Å². The van der Waals surface area contributed by atoms with Crippen molar-refractivity contribution in [3.8, 4) is 11.4 Å². The molecule has 0 unspecified atom stereocenters. The molecular weight excluding hydrogens is 235 g/mol. The van der Waals surface area contributed by atoms with Gasteiger partial charge in [0, 0.05) is 5.56 Å². The number of benzene rings is 1. The summed E-state index contributed by atoms with van der Waals surface area (Å²) in [6.07, 6.45) is 1.80. The number of alkyl halides is 1. The summed E-state index contributed by atoms with van der Waals surface area (Å²) >= 11 is 0. The molecule has 0 saturated heterocycles. The first kappa shape index (κ1) is 12.5. The molecule has 0 amide bonds. The van der Waals surface area contributed by atoms with Crippen LogP contribution in [-0.2, 0) is 0 Å². The van der Waals surface area contributed by atoms with Gasteiger partial charge in [0.2, 0.25) is 0 Å². The summed E-state index contributed by atoms with van der Waals surface area (Å²) in [5, 5.41) is 9.74. The van der Waals surface area contributed by atoms with Crippen LogP contribution in [0.2, 0.25) is 0 Å². The van der Waals surface area contributed by atoms with Crippen LogP contribution in [-0.4, -0.2) is 32.8 Å². The van der Waals surface area contributed by atoms with Gasteiger partial charge in [-0.25, -0.2) is 19.3 Å². The van der Waals surface area contributed by atoms with Gasteiger partial charge in [-0.1, -0.05) is 24.3 Å². The standard InChI is InChI=1S/C12H13FN4O/c13-5-10(14)11(18)8-1-3-9(4-2-8)12-16-6-15-7-17-12/h1-4,6-7,10-11,18H,5,14H2/t10-,11-/m1/s1. The van der Waals surface area contributed by atoms with Gasteiger partial charge >= 0.3 is 0 Å². The fraction of sp³-hybridized carbons (Fsp3) is 0.250. The molecule has 0 aliphatic rings. The minimum Gasteiger partial charge on any atom is -0.387 e. The van der Waals surface area contributed by atoms with Crippen molar-refractivity contribution in [2.24, 2.45) is 5.73 Å². The van der Waals surface area contributed by atoms with Gasteiger partial charge < -0.3 is 10.8 Å². The van der Waals surface area contributed by atoms with Crippen molar-refractivity contribution < 1.29 is 9.50 Å². The van der Waals surface area contributed by atoms with Crippen molar-refractivity contribution in [1.82, 2.24) is 15.0 Å². The van der Waals surface area contributed by atoms with Gasteiger partial charge in [0.25, 0.3) is 0 Å². The zero-order valence-corrected chi connectivity index (χ0v) is 9.57. The van der Waals surface area contributed by atoms with E-state index in [1.165, 1.54) is 12.7 Å². The summed E-state index contributed by atoms with van der Waals surface area (Å²) in [5.74, 6) is 0.542. The molecule has 0 saturated carbocycles. The molecule has 1 heterocycles. The molecule has 18 heavy (non-hydrogen) atoms. The highest BCUT2D eigenvalue weighted by Gasteiger charge is 2.16. The Kier molecular flexibility index (Phi) is 3.91. The fourth-order valence-corrected chi connectivity index (χ4v) is 1.55. The topological polar surface area (TPSA) is 84.9 Å². The van der Waals surface area contributed by atoms with Crippen molar-refractivity contribution in [1.29, 1.82) is 0 Å². The Labute approximate surface area is 104 Å². The Morgan fingerprint density at radius 1 is 1.17 bits per heavy atom. The van der Waals surface area contributed by atoms with Crippen LogP contribution in [0.4, 0.5) is 4.39 Å². The molecule has 0 spiro atoms. The second-order valence-corrected chi connectivity index (χ2v) is 3.85. The SMILES string of the molecule is N[C@H](CF)[C@H](O)c1ccc(-c2ncncn2)cc1. The van der Waals surface area contributed by atoms with Crippen molar-refractivity contribution >= 4 is 0 Å². The van der Waals surface area contributed by atoms with E-state index in [0.717, 1.165) is 5.56 Å². The number of aliphatic hydroxyl groups excluding tert-OH is 1. The molecular formula is C12H13FN4O. The lowest BCUT2D eigenvalue weighted by Gasteiger charge is -2.16. The molecule has 2 rings (SSSR count). The van der Waals surface area contributed by atoms with Crippen molar-refractivity contribution in [3.63, 3.8) is 0 Å². The predicted octanol–water partition coefficient (Wildman–Crippen LogP) is 0.869. The number of hydrogen-bond acceptors (Lipinski definition) is 5. The highest BCUT2D eigenvalue weighted by atomic mass is 19.1. The van der Waals surface area contributed by atoms with Crippen LogP contribution in [0.5, 0.6) is 0 Å². The quantitative estimate of drug-likeness (QED) is 0.838. The van der Waals surface area contributed by atoms with Crippen LogP contribution in [0.1, 0.15) is 11.7 Å². The molecule has 0 aliphatic carbocycles. The smallest absolute Gasteiger partial charge is 0.162 e. The van der Waals surface area contributed by atoms with E-state index >= 15 is 0 Å². The molecule has 0 radical (unpaired) electrons. The van der Waals surface area contributed by atoms with Gasteiger partial charge in [0.15, 0.2) is 5.82 Å². The summed E-state index contributed by atoms with van der Waals surface area (Å²) in [6, 6.07) is 5.95. The van der Waals surface area contributed by atoms with E-state index in [0.29, 0.717) is 11.4 Å². The maximum absolute atomic E-state index is 12.4. The third-order valence-corrected chi connectivity index (χ3v) is 2.59. The highest BCUT2D eigenvalue weighted by Crippen LogP contribution is 2.20. The van der Waals surface area contributed by atoms with Crippen molar-refractivity contribution in [3.05, 3.63) is 42.5 Å². The number of nitrogens with two attached hydrogens (primary N) is 1. The molecule has 0 aliphatic heterocycles. The molecule has 1 aromatic carbocycles. The molecule has 94 valence electrons. The van der Waals surface area contributed by atoms with Gasteiger partial charge in [-0.2, -0.15) is 0 Å². The molecule has 1 aromatic heterocycles. The average molecular weight is 248 g/mol. The predicted molar refractivity (Wildman–Crippen MR) is 64.2 cm³/mol. The third kappa shape index (κ3) is 2.66. The minimum atomic E-state index is -1.01. The molecule has 5 nitrogen and oxygen atoms in total. The number of aliphatic hydroxyl groups is 1. The number of aromatic nitrogens is 3. The van der Waals surface area contributed by atoms with Crippen LogP contribution in [0.15, 0.2) is 36.9 Å². The van der Waals surface area contributed by atoms with Crippen LogP contribution in [0, 0.1) is 0 Å². The maximum Gasteiger partial charge on any atom is 0.162 e. The molecule has 6 heteroatoms. The van der Waals surface area contributed by atoms with Crippen molar-refractivity contribution in [2.45, 2.75) is 12.1 Å². The Morgan fingerprint density at radius 2 is 1.78 bits per heavy atom. The van der Waals surface area contributed by atoms with Crippen molar-refractivity contribution in [2.75, 3.05) is 6.67 Å². The summed E-state index contributed by atoms with van der Waals surface area (Å²) in [4.78, 5) is 11.7. The van der Waals surface area contributed by atoms with Gasteiger partial charge in [-0.05, 0) is 5.56 Å². The summed E-state index contributed by atoms with van der Waals surface area (Å²) in [7, 11) is 0. The normalized spacial score (nSPS) is 14.2. The Bertz CT molecular complexity index is 491. The fourth-order valence-electron chi connectivity index (χ4n) is 1.55. The van der Waals surface area contributed by atoms with E-state index in [4.69, 9.17) is 5.73 Å². The van der Waals surface area contributed by atoms with E-state index < -0.39 is 18.8 Å². The highest BCUT2D eigenvalue weighted by molar-refractivity contribution is 5.54. The number of rotatable bonds is 4. The molecule has 0 bridgehead atoms. The van der Waals surface area contributed by atoms with Crippen LogP contribution in [0.3, 0.4) is 0 Å². The maximum atomic E-state index is 12.4. The molecule has 0 fully saturated rings.